The first kappa shape index (κ1) is 12.2. The molecule has 0 bridgehead atoms. The van der Waals surface area contributed by atoms with Gasteiger partial charge in [-0.1, -0.05) is 18.2 Å². The maximum Gasteiger partial charge on any atom is 0.353 e. The molecule has 5 nitrogen and oxygen atoms in total. The predicted octanol–water partition coefficient (Wildman–Crippen LogP) is 2.05. The zero-order valence-corrected chi connectivity index (χ0v) is 10.1. The average Bonchev–Trinajstić information content (AvgIpc) is 2.64. The number of carboxylic acid groups (broad SMARTS) is 1. The molecule has 0 atom stereocenters. The van der Waals surface area contributed by atoms with Crippen LogP contribution in [0.25, 0.3) is 10.9 Å². The van der Waals surface area contributed by atoms with Crippen LogP contribution in [0, 0.1) is 0 Å². The molecular formula is C13H13NO4. The van der Waals surface area contributed by atoms with E-state index >= 15 is 0 Å². The zero-order valence-electron chi connectivity index (χ0n) is 10.1. The molecule has 0 aliphatic rings. The van der Waals surface area contributed by atoms with Crippen molar-refractivity contribution in [2.75, 3.05) is 6.61 Å². The number of hydrogen-bond acceptors (Lipinski definition) is 3. The molecule has 1 aromatic carbocycles. The summed E-state index contributed by atoms with van der Waals surface area (Å²) in [5.41, 5.74) is 0.759. The summed E-state index contributed by atoms with van der Waals surface area (Å²) in [6.07, 6.45) is 0. The quantitative estimate of drug-likeness (QED) is 0.843. The number of carboxylic acids is 1. The van der Waals surface area contributed by atoms with Crippen LogP contribution in [0.1, 0.15) is 27.8 Å². The number of hydrogen-bond donors (Lipinski definition) is 1. The van der Waals surface area contributed by atoms with Gasteiger partial charge in [0.2, 0.25) is 0 Å². The van der Waals surface area contributed by atoms with Crippen molar-refractivity contribution < 1.29 is 19.4 Å². The van der Waals surface area contributed by atoms with Gasteiger partial charge in [-0.2, -0.15) is 0 Å². The molecule has 1 N–H and O–H groups in total. The van der Waals surface area contributed by atoms with Gasteiger partial charge < -0.3 is 14.4 Å². The minimum absolute atomic E-state index is 0.0466. The number of aromatic carboxylic acids is 1. The molecule has 0 saturated heterocycles. The molecule has 0 spiro atoms. The normalized spacial score (nSPS) is 10.6. The first-order valence-electron chi connectivity index (χ1n) is 5.55. The van der Waals surface area contributed by atoms with Gasteiger partial charge in [-0.25, -0.2) is 9.59 Å². The summed E-state index contributed by atoms with van der Waals surface area (Å²) in [7, 11) is 1.62. The topological polar surface area (TPSA) is 68.5 Å². The number of benzene rings is 1. The maximum atomic E-state index is 11.9. The summed E-state index contributed by atoms with van der Waals surface area (Å²) in [6, 6.07) is 7.04. The van der Waals surface area contributed by atoms with Crippen LogP contribution < -0.4 is 0 Å². The van der Waals surface area contributed by atoms with Crippen LogP contribution in [0.4, 0.5) is 0 Å². The van der Waals surface area contributed by atoms with E-state index in [0.717, 1.165) is 0 Å². The Hall–Kier alpha value is -2.30. The fraction of sp³-hybridized carbons (Fsp3) is 0.231. The number of carbonyl (C=O) groups is 2. The number of esters is 1. The second kappa shape index (κ2) is 4.52. The third-order valence-corrected chi connectivity index (χ3v) is 2.79. The van der Waals surface area contributed by atoms with E-state index in [1.165, 1.54) is 4.57 Å². The molecule has 5 heteroatoms. The van der Waals surface area contributed by atoms with Crippen molar-refractivity contribution in [2.24, 2.45) is 7.05 Å². The molecule has 2 aromatic rings. The first-order chi connectivity index (χ1) is 8.57. The predicted molar refractivity (Wildman–Crippen MR) is 65.8 cm³/mol. The van der Waals surface area contributed by atoms with Gasteiger partial charge in [0.1, 0.15) is 11.3 Å². The van der Waals surface area contributed by atoms with Crippen molar-refractivity contribution >= 4 is 22.8 Å². The fourth-order valence-electron chi connectivity index (χ4n) is 2.05. The Bertz CT molecular complexity index is 627. The van der Waals surface area contributed by atoms with Crippen LogP contribution in [0.2, 0.25) is 0 Å². The van der Waals surface area contributed by atoms with E-state index in [-0.39, 0.29) is 17.9 Å². The number of aromatic nitrogens is 1. The molecule has 0 unspecified atom stereocenters. The van der Waals surface area contributed by atoms with Gasteiger partial charge in [-0.05, 0) is 13.0 Å². The fourth-order valence-corrected chi connectivity index (χ4v) is 2.05. The van der Waals surface area contributed by atoms with E-state index in [1.54, 1.807) is 38.2 Å². The van der Waals surface area contributed by atoms with Crippen LogP contribution in [0.5, 0.6) is 0 Å². The third-order valence-electron chi connectivity index (χ3n) is 2.79. The lowest BCUT2D eigenvalue weighted by molar-refractivity contribution is 0.0515. The molecule has 0 aliphatic heterocycles. The number of ether oxygens (including phenoxy) is 1. The Morgan fingerprint density at radius 2 is 2.00 bits per heavy atom. The highest BCUT2D eigenvalue weighted by molar-refractivity contribution is 6.12. The summed E-state index contributed by atoms with van der Waals surface area (Å²) in [5.74, 6) is -1.75. The van der Waals surface area contributed by atoms with Crippen LogP contribution in [-0.4, -0.2) is 28.2 Å². The molecule has 2 rings (SSSR count). The minimum Gasteiger partial charge on any atom is -0.477 e. The van der Waals surface area contributed by atoms with Gasteiger partial charge in [0.05, 0.1) is 6.61 Å². The largest absolute Gasteiger partial charge is 0.477 e. The van der Waals surface area contributed by atoms with Crippen LogP contribution >= 0.6 is 0 Å². The zero-order chi connectivity index (χ0) is 13.3. The highest BCUT2D eigenvalue weighted by atomic mass is 16.5. The standard InChI is InChI=1S/C13H13NO4/c1-3-18-13(17)10-8-6-4-5-7-9(8)14(2)11(10)12(15)16/h4-7H,3H2,1-2H3,(H,15,16). The van der Waals surface area contributed by atoms with E-state index in [4.69, 9.17) is 4.74 Å². The Morgan fingerprint density at radius 1 is 1.33 bits per heavy atom. The van der Waals surface area contributed by atoms with Crippen molar-refractivity contribution in [3.8, 4) is 0 Å². The van der Waals surface area contributed by atoms with Crippen molar-refractivity contribution in [1.82, 2.24) is 4.57 Å². The van der Waals surface area contributed by atoms with E-state index in [2.05, 4.69) is 0 Å². The van der Waals surface area contributed by atoms with Crippen molar-refractivity contribution in [2.45, 2.75) is 6.92 Å². The van der Waals surface area contributed by atoms with E-state index in [0.29, 0.717) is 10.9 Å². The van der Waals surface area contributed by atoms with Crippen molar-refractivity contribution in [3.63, 3.8) is 0 Å². The lowest BCUT2D eigenvalue weighted by Crippen LogP contribution is -2.13. The monoisotopic (exact) mass is 247 g/mol. The number of rotatable bonds is 3. The lowest BCUT2D eigenvalue weighted by Gasteiger charge is -2.02. The molecule has 0 aliphatic carbocycles. The Kier molecular flexibility index (Phi) is 3.06. The molecule has 0 radical (unpaired) electrons. The second-order valence-corrected chi connectivity index (χ2v) is 3.83. The van der Waals surface area contributed by atoms with Crippen LogP contribution in [0.3, 0.4) is 0 Å². The molecule has 94 valence electrons. The summed E-state index contributed by atoms with van der Waals surface area (Å²) < 4.78 is 6.41. The van der Waals surface area contributed by atoms with Gasteiger partial charge in [-0.15, -0.1) is 0 Å². The Balaban J connectivity index is 2.79. The third kappa shape index (κ3) is 1.73. The molecule has 1 aromatic heterocycles. The maximum absolute atomic E-state index is 11.9. The molecule has 18 heavy (non-hydrogen) atoms. The van der Waals surface area contributed by atoms with Crippen LogP contribution in [0.15, 0.2) is 24.3 Å². The Morgan fingerprint density at radius 3 is 2.61 bits per heavy atom. The second-order valence-electron chi connectivity index (χ2n) is 3.83. The highest BCUT2D eigenvalue weighted by Gasteiger charge is 2.26. The molecule has 0 saturated carbocycles. The number of aryl methyl sites for hydroxylation is 1. The molecule has 0 fully saturated rings. The molecule has 1 heterocycles. The number of carbonyl (C=O) groups excluding carboxylic acids is 1. The summed E-state index contributed by atoms with van der Waals surface area (Å²) in [4.78, 5) is 23.2. The Labute approximate surface area is 104 Å². The van der Waals surface area contributed by atoms with E-state index < -0.39 is 11.9 Å². The number of nitrogens with zero attached hydrogens (tertiary/aromatic N) is 1. The minimum atomic E-state index is -1.14. The number of para-hydroxylation sites is 1. The van der Waals surface area contributed by atoms with Crippen LogP contribution in [-0.2, 0) is 11.8 Å². The van der Waals surface area contributed by atoms with Gasteiger partial charge >= 0.3 is 11.9 Å². The lowest BCUT2D eigenvalue weighted by atomic mass is 10.1. The molecule has 0 amide bonds. The summed E-state index contributed by atoms with van der Waals surface area (Å²) >= 11 is 0. The summed E-state index contributed by atoms with van der Waals surface area (Å²) in [5, 5.41) is 9.83. The van der Waals surface area contributed by atoms with Gasteiger partial charge in [0.25, 0.3) is 0 Å². The van der Waals surface area contributed by atoms with Crippen molar-refractivity contribution in [3.05, 3.63) is 35.5 Å². The highest BCUT2D eigenvalue weighted by Crippen LogP contribution is 2.26. The average molecular weight is 247 g/mol. The molecular weight excluding hydrogens is 234 g/mol. The van der Waals surface area contributed by atoms with Gasteiger partial charge in [-0.3, -0.25) is 0 Å². The van der Waals surface area contributed by atoms with Gasteiger partial charge in [0, 0.05) is 18.0 Å². The van der Waals surface area contributed by atoms with Gasteiger partial charge in [0.15, 0.2) is 0 Å². The first-order valence-corrected chi connectivity index (χ1v) is 5.55. The van der Waals surface area contributed by atoms with E-state index in [1.807, 2.05) is 0 Å². The smallest absolute Gasteiger partial charge is 0.353 e. The van der Waals surface area contributed by atoms with Crippen molar-refractivity contribution in [1.29, 1.82) is 0 Å². The number of fused-ring (bicyclic) bond motifs is 1. The summed E-state index contributed by atoms with van der Waals surface area (Å²) in [6.45, 7) is 1.89. The SMILES string of the molecule is CCOC(=O)c1c(C(=O)O)n(C)c2ccccc12. The van der Waals surface area contributed by atoms with E-state index in [9.17, 15) is 14.7 Å².